The first kappa shape index (κ1) is 9.97. The fourth-order valence-electron chi connectivity index (χ4n) is 1.19. The van der Waals surface area contributed by atoms with E-state index in [-0.39, 0.29) is 0 Å². The fraction of sp³-hybridized carbons (Fsp3) is 0.333. The molecule has 0 saturated heterocycles. The molecule has 1 aliphatic rings. The number of rotatable bonds is 2. The van der Waals surface area contributed by atoms with Crippen molar-refractivity contribution in [3.8, 4) is 0 Å². The molecule has 0 radical (unpaired) electrons. The molecule has 0 N–H and O–H groups in total. The Morgan fingerprint density at radius 1 is 1.54 bits per heavy atom. The van der Waals surface area contributed by atoms with Gasteiger partial charge in [-0.2, -0.15) is 0 Å². The minimum Gasteiger partial charge on any atom is -0.243 e. The highest BCUT2D eigenvalue weighted by atomic mass is 19.1. The molecule has 0 aromatic carbocycles. The van der Waals surface area contributed by atoms with Crippen molar-refractivity contribution in [1.29, 1.82) is 0 Å². The highest BCUT2D eigenvalue weighted by Crippen LogP contribution is 2.16. The zero-order chi connectivity index (χ0) is 9.68. The van der Waals surface area contributed by atoms with Crippen LogP contribution in [0.3, 0.4) is 0 Å². The first-order chi connectivity index (χ1) is 6.20. The van der Waals surface area contributed by atoms with Crippen molar-refractivity contribution < 1.29 is 4.39 Å². The Morgan fingerprint density at radius 2 is 2.31 bits per heavy atom. The molecule has 70 valence electrons. The molecule has 0 amide bonds. The summed E-state index contributed by atoms with van der Waals surface area (Å²) >= 11 is 0. The van der Waals surface area contributed by atoms with Crippen LogP contribution in [0.25, 0.3) is 0 Å². The predicted molar refractivity (Wildman–Crippen MR) is 55.3 cm³/mol. The lowest BCUT2D eigenvalue weighted by Gasteiger charge is -2.04. The molecule has 0 heterocycles. The molecule has 0 spiro atoms. The lowest BCUT2D eigenvalue weighted by atomic mass is 10.0. The summed E-state index contributed by atoms with van der Waals surface area (Å²) in [4.78, 5) is 0. The van der Waals surface area contributed by atoms with Gasteiger partial charge in [-0.05, 0) is 31.4 Å². The quantitative estimate of drug-likeness (QED) is 0.604. The molecule has 0 bridgehead atoms. The smallest absolute Gasteiger partial charge is 0.116 e. The van der Waals surface area contributed by atoms with E-state index in [1.54, 1.807) is 6.08 Å². The summed E-state index contributed by atoms with van der Waals surface area (Å²) in [5.74, 6) is 0. The maximum atomic E-state index is 12.5. The Bertz CT molecular complexity index is 277. The molecule has 0 aliphatic heterocycles. The lowest BCUT2D eigenvalue weighted by molar-refractivity contribution is 0.430. The van der Waals surface area contributed by atoms with Crippen LogP contribution in [-0.2, 0) is 0 Å². The van der Waals surface area contributed by atoms with E-state index in [0.717, 1.165) is 12.0 Å². The minimum atomic E-state index is -0.862. The normalized spacial score (nSPS) is 22.4. The molecule has 1 aliphatic carbocycles. The van der Waals surface area contributed by atoms with Crippen LogP contribution in [0.4, 0.5) is 4.39 Å². The van der Waals surface area contributed by atoms with Gasteiger partial charge in [0.1, 0.15) is 6.17 Å². The van der Waals surface area contributed by atoms with Crippen LogP contribution in [0.1, 0.15) is 20.3 Å². The first-order valence-corrected chi connectivity index (χ1v) is 4.55. The maximum Gasteiger partial charge on any atom is 0.116 e. The minimum absolute atomic E-state index is 0.862. The molecule has 1 heteroatoms. The number of alkyl halides is 1. The van der Waals surface area contributed by atoms with Crippen molar-refractivity contribution >= 4 is 0 Å². The Hall–Kier alpha value is -1.11. The van der Waals surface area contributed by atoms with Gasteiger partial charge in [0.15, 0.2) is 0 Å². The van der Waals surface area contributed by atoms with Crippen molar-refractivity contribution in [3.05, 3.63) is 47.6 Å². The third-order valence-electron chi connectivity index (χ3n) is 2.00. The van der Waals surface area contributed by atoms with Crippen molar-refractivity contribution in [2.75, 3.05) is 0 Å². The van der Waals surface area contributed by atoms with Crippen LogP contribution < -0.4 is 0 Å². The summed E-state index contributed by atoms with van der Waals surface area (Å²) in [6.45, 7) is 3.54. The van der Waals surface area contributed by atoms with Crippen LogP contribution in [0, 0.1) is 0 Å². The number of halogens is 1. The van der Waals surface area contributed by atoms with Crippen molar-refractivity contribution in [1.82, 2.24) is 0 Å². The molecule has 0 aromatic rings. The zero-order valence-corrected chi connectivity index (χ0v) is 8.13. The number of hydrogen-bond donors (Lipinski definition) is 0. The first-order valence-electron chi connectivity index (χ1n) is 4.55. The topological polar surface area (TPSA) is 0 Å². The van der Waals surface area contributed by atoms with E-state index in [1.807, 2.05) is 25.2 Å². The van der Waals surface area contributed by atoms with Crippen molar-refractivity contribution in [3.63, 3.8) is 0 Å². The summed E-state index contributed by atoms with van der Waals surface area (Å²) in [7, 11) is 0. The van der Waals surface area contributed by atoms with Gasteiger partial charge >= 0.3 is 0 Å². The lowest BCUT2D eigenvalue weighted by Crippen LogP contribution is -1.87. The van der Waals surface area contributed by atoms with Gasteiger partial charge in [0, 0.05) is 0 Å². The average Bonchev–Trinajstić information content (AvgIpc) is 2.15. The molecule has 0 nitrogen and oxygen atoms in total. The van der Waals surface area contributed by atoms with E-state index in [0.29, 0.717) is 0 Å². The molecule has 1 unspecified atom stereocenters. The fourth-order valence-corrected chi connectivity index (χ4v) is 1.19. The molecule has 0 aromatic heterocycles. The largest absolute Gasteiger partial charge is 0.243 e. The third-order valence-corrected chi connectivity index (χ3v) is 2.00. The molecule has 1 atom stereocenters. The van der Waals surface area contributed by atoms with Crippen LogP contribution >= 0.6 is 0 Å². The van der Waals surface area contributed by atoms with Gasteiger partial charge in [-0.15, -0.1) is 0 Å². The highest BCUT2D eigenvalue weighted by Gasteiger charge is 1.97. The van der Waals surface area contributed by atoms with E-state index in [1.165, 1.54) is 12.5 Å². The third kappa shape index (κ3) is 3.41. The molecular formula is C12H15F. The Kier molecular flexibility index (Phi) is 3.69. The van der Waals surface area contributed by atoms with E-state index < -0.39 is 6.17 Å². The molecular weight excluding hydrogens is 163 g/mol. The highest BCUT2D eigenvalue weighted by molar-refractivity contribution is 5.37. The Labute approximate surface area is 79.2 Å². The van der Waals surface area contributed by atoms with E-state index in [2.05, 4.69) is 12.2 Å². The summed E-state index contributed by atoms with van der Waals surface area (Å²) < 4.78 is 12.5. The van der Waals surface area contributed by atoms with E-state index >= 15 is 0 Å². The summed E-state index contributed by atoms with van der Waals surface area (Å²) in [5.41, 5.74) is 2.41. The van der Waals surface area contributed by atoms with E-state index in [9.17, 15) is 4.39 Å². The zero-order valence-electron chi connectivity index (χ0n) is 8.13. The van der Waals surface area contributed by atoms with Gasteiger partial charge in [0.05, 0.1) is 0 Å². The summed E-state index contributed by atoms with van der Waals surface area (Å²) in [6, 6.07) is 0. The predicted octanol–water partition coefficient (Wildman–Crippen LogP) is 3.73. The maximum absolute atomic E-state index is 12.5. The van der Waals surface area contributed by atoms with Crippen LogP contribution in [-0.4, -0.2) is 6.17 Å². The summed E-state index contributed by atoms with van der Waals surface area (Å²) in [6.07, 6.45) is 11.7. The van der Waals surface area contributed by atoms with Gasteiger partial charge in [0.25, 0.3) is 0 Å². The van der Waals surface area contributed by atoms with Crippen molar-refractivity contribution in [2.45, 2.75) is 26.4 Å². The van der Waals surface area contributed by atoms with Gasteiger partial charge in [-0.25, -0.2) is 4.39 Å². The standard InChI is InChI=1S/C12H15F/c1-10(8-9-11(2)13)12-6-4-3-5-7-12/h3-6,8-9,11H,7H2,1-2H3/b9-8-,12-10-. The number of allylic oxidation sites excluding steroid dienone is 8. The second-order valence-electron chi connectivity index (χ2n) is 3.24. The Balaban J connectivity index is 2.69. The molecule has 1 rings (SSSR count). The van der Waals surface area contributed by atoms with Gasteiger partial charge < -0.3 is 0 Å². The van der Waals surface area contributed by atoms with Gasteiger partial charge in [-0.3, -0.25) is 0 Å². The van der Waals surface area contributed by atoms with E-state index in [4.69, 9.17) is 0 Å². The molecule has 13 heavy (non-hydrogen) atoms. The molecule has 0 saturated carbocycles. The summed E-state index contributed by atoms with van der Waals surface area (Å²) in [5, 5.41) is 0. The van der Waals surface area contributed by atoms with Gasteiger partial charge in [-0.1, -0.05) is 36.5 Å². The van der Waals surface area contributed by atoms with Crippen LogP contribution in [0.2, 0.25) is 0 Å². The van der Waals surface area contributed by atoms with Crippen molar-refractivity contribution in [2.24, 2.45) is 0 Å². The SMILES string of the molecule is CC(/C=C\C(C)F)=C1\C=CC=CC1. The number of hydrogen-bond acceptors (Lipinski definition) is 0. The Morgan fingerprint density at radius 3 is 2.85 bits per heavy atom. The van der Waals surface area contributed by atoms with Gasteiger partial charge in [0.2, 0.25) is 0 Å². The molecule has 0 fully saturated rings. The second-order valence-corrected chi connectivity index (χ2v) is 3.24. The van der Waals surface area contributed by atoms with Crippen LogP contribution in [0.15, 0.2) is 47.6 Å². The monoisotopic (exact) mass is 178 g/mol. The average molecular weight is 178 g/mol. The van der Waals surface area contributed by atoms with Crippen LogP contribution in [0.5, 0.6) is 0 Å². The second kappa shape index (κ2) is 4.80.